The van der Waals surface area contributed by atoms with E-state index in [2.05, 4.69) is 5.32 Å². The zero-order valence-electron chi connectivity index (χ0n) is 13.0. The van der Waals surface area contributed by atoms with E-state index in [1.807, 2.05) is 0 Å². The van der Waals surface area contributed by atoms with Gasteiger partial charge in [-0.15, -0.1) is 0 Å². The highest BCUT2D eigenvalue weighted by Gasteiger charge is 2.25. The van der Waals surface area contributed by atoms with Crippen molar-refractivity contribution in [3.05, 3.63) is 0 Å². The fraction of sp³-hybridized carbons (Fsp3) is 0.938. The maximum absolute atomic E-state index is 12.0. The highest BCUT2D eigenvalue weighted by molar-refractivity contribution is 5.78. The van der Waals surface area contributed by atoms with Gasteiger partial charge in [0, 0.05) is 25.7 Å². The Morgan fingerprint density at radius 2 is 2.05 bits per heavy atom. The standard InChI is InChI=1S/C16H30N2O3/c17-11-13-4-6-14(7-5-13)16(19)18-8-2-9-20-12-15-3-1-10-21-15/h13-15H,1-12,17H2,(H,18,19). The smallest absolute Gasteiger partial charge is 0.223 e. The van der Waals surface area contributed by atoms with Crippen molar-refractivity contribution in [3.63, 3.8) is 0 Å². The van der Waals surface area contributed by atoms with Crippen LogP contribution in [0.25, 0.3) is 0 Å². The first-order valence-corrected chi connectivity index (χ1v) is 8.46. The highest BCUT2D eigenvalue weighted by atomic mass is 16.5. The molecule has 1 saturated carbocycles. The molecule has 1 heterocycles. The molecule has 5 nitrogen and oxygen atoms in total. The predicted molar refractivity (Wildman–Crippen MR) is 81.9 cm³/mol. The summed E-state index contributed by atoms with van der Waals surface area (Å²) in [5, 5.41) is 3.03. The van der Waals surface area contributed by atoms with E-state index in [9.17, 15) is 4.79 Å². The normalized spacial score (nSPS) is 29.5. The third-order valence-corrected chi connectivity index (χ3v) is 4.64. The molecule has 0 radical (unpaired) electrons. The van der Waals surface area contributed by atoms with Crippen molar-refractivity contribution in [2.45, 2.75) is 51.0 Å². The summed E-state index contributed by atoms with van der Waals surface area (Å²) >= 11 is 0. The molecule has 0 aromatic rings. The first kappa shape index (κ1) is 16.7. The summed E-state index contributed by atoms with van der Waals surface area (Å²) in [4.78, 5) is 12.0. The van der Waals surface area contributed by atoms with Crippen LogP contribution in [0.15, 0.2) is 0 Å². The highest BCUT2D eigenvalue weighted by Crippen LogP contribution is 2.28. The summed E-state index contributed by atoms with van der Waals surface area (Å²) in [6, 6.07) is 0. The van der Waals surface area contributed by atoms with Gasteiger partial charge in [0.15, 0.2) is 0 Å². The predicted octanol–water partition coefficient (Wildman–Crippen LogP) is 1.45. The van der Waals surface area contributed by atoms with Crippen molar-refractivity contribution in [1.82, 2.24) is 5.32 Å². The molecule has 3 N–H and O–H groups in total. The molecule has 1 aliphatic heterocycles. The number of hydrogen-bond donors (Lipinski definition) is 2. The van der Waals surface area contributed by atoms with Gasteiger partial charge in [0.05, 0.1) is 12.7 Å². The topological polar surface area (TPSA) is 73.6 Å². The number of carbonyl (C=O) groups is 1. The molecular formula is C16H30N2O3. The molecule has 1 amide bonds. The Bertz CT molecular complexity index is 298. The molecule has 1 saturated heterocycles. The molecule has 0 aromatic heterocycles. The second kappa shape index (κ2) is 9.38. The molecule has 0 spiro atoms. The molecule has 1 atom stereocenters. The van der Waals surface area contributed by atoms with Crippen molar-refractivity contribution < 1.29 is 14.3 Å². The molecule has 2 aliphatic rings. The summed E-state index contributed by atoms with van der Waals surface area (Å²) in [7, 11) is 0. The summed E-state index contributed by atoms with van der Waals surface area (Å²) in [5.41, 5.74) is 5.67. The second-order valence-electron chi connectivity index (χ2n) is 6.31. The van der Waals surface area contributed by atoms with Gasteiger partial charge in [-0.25, -0.2) is 0 Å². The average molecular weight is 298 g/mol. The Balaban J connectivity index is 1.45. The van der Waals surface area contributed by atoms with Crippen LogP contribution in [0, 0.1) is 11.8 Å². The van der Waals surface area contributed by atoms with Crippen LogP contribution in [-0.2, 0) is 14.3 Å². The van der Waals surface area contributed by atoms with Crippen LogP contribution in [0.2, 0.25) is 0 Å². The van der Waals surface area contributed by atoms with Crippen LogP contribution < -0.4 is 11.1 Å². The minimum Gasteiger partial charge on any atom is -0.379 e. The molecule has 5 heteroatoms. The quantitative estimate of drug-likeness (QED) is 0.665. The first-order chi connectivity index (χ1) is 10.3. The van der Waals surface area contributed by atoms with E-state index < -0.39 is 0 Å². The van der Waals surface area contributed by atoms with Crippen molar-refractivity contribution >= 4 is 5.91 Å². The van der Waals surface area contributed by atoms with E-state index in [1.54, 1.807) is 0 Å². The molecule has 1 aliphatic carbocycles. The number of rotatable bonds is 8. The molecule has 2 fully saturated rings. The lowest BCUT2D eigenvalue weighted by Crippen LogP contribution is -2.35. The lowest BCUT2D eigenvalue weighted by molar-refractivity contribution is -0.126. The van der Waals surface area contributed by atoms with Crippen molar-refractivity contribution in [3.8, 4) is 0 Å². The maximum Gasteiger partial charge on any atom is 0.223 e. The van der Waals surface area contributed by atoms with Gasteiger partial charge in [-0.3, -0.25) is 4.79 Å². The van der Waals surface area contributed by atoms with Crippen LogP contribution in [0.5, 0.6) is 0 Å². The lowest BCUT2D eigenvalue weighted by Gasteiger charge is -2.26. The van der Waals surface area contributed by atoms with E-state index in [-0.39, 0.29) is 17.9 Å². The number of amides is 1. The van der Waals surface area contributed by atoms with E-state index in [4.69, 9.17) is 15.2 Å². The van der Waals surface area contributed by atoms with Gasteiger partial charge in [0.2, 0.25) is 5.91 Å². The van der Waals surface area contributed by atoms with Gasteiger partial charge >= 0.3 is 0 Å². The van der Waals surface area contributed by atoms with Crippen molar-refractivity contribution in [1.29, 1.82) is 0 Å². The minimum absolute atomic E-state index is 0.195. The SMILES string of the molecule is NCC1CCC(C(=O)NCCCOCC2CCCO2)CC1. The maximum atomic E-state index is 12.0. The Hall–Kier alpha value is -0.650. The van der Waals surface area contributed by atoms with Gasteiger partial charge in [-0.05, 0) is 57.4 Å². The van der Waals surface area contributed by atoms with Crippen molar-refractivity contribution in [2.75, 3.05) is 32.9 Å². The van der Waals surface area contributed by atoms with E-state index in [0.717, 1.165) is 58.1 Å². The molecule has 2 rings (SSSR count). The van der Waals surface area contributed by atoms with E-state index in [1.165, 1.54) is 0 Å². The largest absolute Gasteiger partial charge is 0.379 e. The monoisotopic (exact) mass is 298 g/mol. The molecule has 122 valence electrons. The van der Waals surface area contributed by atoms with Gasteiger partial charge in [0.1, 0.15) is 0 Å². The Labute approximate surface area is 127 Å². The van der Waals surface area contributed by atoms with Crippen LogP contribution in [0.3, 0.4) is 0 Å². The number of nitrogens with one attached hydrogen (secondary N) is 1. The molecule has 21 heavy (non-hydrogen) atoms. The van der Waals surface area contributed by atoms with Crippen LogP contribution in [0.1, 0.15) is 44.9 Å². The van der Waals surface area contributed by atoms with Gasteiger partial charge in [0.25, 0.3) is 0 Å². The Kier molecular flexibility index (Phi) is 7.47. The number of hydrogen-bond acceptors (Lipinski definition) is 4. The number of ether oxygens (including phenoxy) is 2. The summed E-state index contributed by atoms with van der Waals surface area (Å²) in [6.45, 7) is 3.73. The van der Waals surface area contributed by atoms with Crippen LogP contribution >= 0.6 is 0 Å². The minimum atomic E-state index is 0.195. The fourth-order valence-electron chi connectivity index (χ4n) is 3.18. The number of carbonyl (C=O) groups excluding carboxylic acids is 1. The molecule has 0 aromatic carbocycles. The van der Waals surface area contributed by atoms with E-state index in [0.29, 0.717) is 25.7 Å². The lowest BCUT2D eigenvalue weighted by atomic mass is 9.81. The third-order valence-electron chi connectivity index (χ3n) is 4.64. The zero-order chi connectivity index (χ0) is 14.9. The molecule has 1 unspecified atom stereocenters. The van der Waals surface area contributed by atoms with Crippen LogP contribution in [0.4, 0.5) is 0 Å². The first-order valence-electron chi connectivity index (χ1n) is 8.46. The van der Waals surface area contributed by atoms with Crippen LogP contribution in [-0.4, -0.2) is 44.9 Å². The molecular weight excluding hydrogens is 268 g/mol. The van der Waals surface area contributed by atoms with Gasteiger partial charge < -0.3 is 20.5 Å². The second-order valence-corrected chi connectivity index (χ2v) is 6.31. The molecule has 0 bridgehead atoms. The zero-order valence-corrected chi connectivity index (χ0v) is 13.0. The van der Waals surface area contributed by atoms with E-state index >= 15 is 0 Å². The fourth-order valence-corrected chi connectivity index (χ4v) is 3.18. The average Bonchev–Trinajstić information content (AvgIpc) is 3.04. The summed E-state index contributed by atoms with van der Waals surface area (Å²) in [5.74, 6) is 1.03. The van der Waals surface area contributed by atoms with Gasteiger partial charge in [-0.2, -0.15) is 0 Å². The Morgan fingerprint density at radius 3 is 2.71 bits per heavy atom. The van der Waals surface area contributed by atoms with Crippen molar-refractivity contribution in [2.24, 2.45) is 17.6 Å². The summed E-state index contributed by atoms with van der Waals surface area (Å²) < 4.78 is 11.1. The summed E-state index contributed by atoms with van der Waals surface area (Å²) in [6.07, 6.45) is 7.59. The van der Waals surface area contributed by atoms with Gasteiger partial charge in [-0.1, -0.05) is 0 Å². The third kappa shape index (κ3) is 5.93. The Morgan fingerprint density at radius 1 is 1.24 bits per heavy atom. The number of nitrogens with two attached hydrogens (primary N) is 1.